The van der Waals surface area contributed by atoms with Crippen molar-refractivity contribution in [2.45, 2.75) is 74.0 Å². The molecule has 0 N–H and O–H groups in total. The first-order valence-electron chi connectivity index (χ1n) is 22.2. The molecule has 0 aromatic heterocycles. The van der Waals surface area contributed by atoms with Crippen LogP contribution < -0.4 is 0 Å². The van der Waals surface area contributed by atoms with Gasteiger partial charge in [0.05, 0.1) is 47.3 Å². The summed E-state index contributed by atoms with van der Waals surface area (Å²) in [6.07, 6.45) is -0.386. The van der Waals surface area contributed by atoms with Gasteiger partial charge in [-0.3, -0.25) is 38.4 Å². The van der Waals surface area contributed by atoms with Gasteiger partial charge in [-0.2, -0.15) is 8.61 Å². The smallest absolute Gasteiger partial charge is 0.338 e. The molecule has 2 fully saturated rings. The quantitative estimate of drug-likeness (QED) is 0.0325. The van der Waals surface area contributed by atoms with Gasteiger partial charge in [0.15, 0.2) is 0 Å². The summed E-state index contributed by atoms with van der Waals surface area (Å²) in [5.74, 6) is -5.90. The van der Waals surface area contributed by atoms with Gasteiger partial charge < -0.3 is 37.9 Å². The average Bonchev–Trinajstić information content (AvgIpc) is 3.89. The highest BCUT2D eigenvalue weighted by molar-refractivity contribution is 8.76. The highest BCUT2D eigenvalue weighted by atomic mass is 33.1. The molecule has 0 spiro atoms. The third kappa shape index (κ3) is 19.2. The van der Waals surface area contributed by atoms with E-state index in [-0.39, 0.29) is 160 Å². The van der Waals surface area contributed by atoms with Gasteiger partial charge in [-0.25, -0.2) is 26.4 Å². The number of carbonyl (C=O) groups excluding carboxylic acids is 10. The topological polar surface area (TPSA) is 319 Å². The number of sulfonamides is 2. The lowest BCUT2D eigenvalue weighted by atomic mass is 10.2. The van der Waals surface area contributed by atoms with Crippen LogP contribution in [-0.2, 0) is 96.3 Å². The molecule has 4 amide bonds. The lowest BCUT2D eigenvalue weighted by Crippen LogP contribution is -2.35. The number of rotatable bonds is 33. The minimum atomic E-state index is -4.38. The summed E-state index contributed by atoms with van der Waals surface area (Å²) in [5, 5.41) is 0. The van der Waals surface area contributed by atoms with Crippen LogP contribution in [0, 0.1) is 0 Å². The van der Waals surface area contributed by atoms with Crippen molar-refractivity contribution < 1.29 is 103 Å². The first kappa shape index (κ1) is 58.6. The average molecular weight is 1090 g/mol. The fourth-order valence-corrected chi connectivity index (χ4v) is 10.6. The lowest BCUT2D eigenvalue weighted by molar-refractivity contribution is -0.148. The summed E-state index contributed by atoms with van der Waals surface area (Å²) in [4.78, 5) is 119. The highest BCUT2D eigenvalue weighted by Gasteiger charge is 2.41. The Hall–Kier alpha value is -5.94. The number of esters is 6. The second-order valence-electron chi connectivity index (χ2n) is 14.9. The van der Waals surface area contributed by atoms with Crippen molar-refractivity contribution in [3.63, 3.8) is 0 Å². The molecule has 24 nitrogen and oxygen atoms in total. The normalized spacial score (nSPS) is 13.8. The fourth-order valence-electron chi connectivity index (χ4n) is 6.11. The van der Waals surface area contributed by atoms with E-state index in [1.54, 1.807) is 0 Å². The van der Waals surface area contributed by atoms with Crippen LogP contribution in [-0.4, -0.2) is 162 Å². The molecule has 2 saturated heterocycles. The molecule has 0 radical (unpaired) electrons. The van der Waals surface area contributed by atoms with E-state index >= 15 is 0 Å². The fraction of sp³-hybridized carbons (Fsp3) is 0.500. The number of ether oxygens (including phenoxy) is 8. The minimum Gasteiger partial charge on any atom is -0.465 e. The predicted molar refractivity (Wildman–Crippen MR) is 248 cm³/mol. The van der Waals surface area contributed by atoms with Crippen molar-refractivity contribution >= 4 is 101 Å². The van der Waals surface area contributed by atoms with E-state index in [0.29, 0.717) is 11.5 Å². The summed E-state index contributed by atoms with van der Waals surface area (Å²) in [7, 11) is -5.93. The molecule has 0 aliphatic carbocycles. The molecular formula is C44H52N2O22S4. The Morgan fingerprint density at radius 3 is 0.986 bits per heavy atom. The van der Waals surface area contributed by atoms with Gasteiger partial charge in [0.1, 0.15) is 39.6 Å². The summed E-state index contributed by atoms with van der Waals surface area (Å²) >= 11 is 0. The first-order valence-corrected chi connectivity index (χ1v) is 27.6. The summed E-state index contributed by atoms with van der Waals surface area (Å²) in [6.45, 7) is -0.199. The second kappa shape index (κ2) is 30.2. The van der Waals surface area contributed by atoms with Gasteiger partial charge in [-0.1, -0.05) is 21.6 Å². The molecule has 2 aliphatic heterocycles. The molecule has 2 heterocycles. The van der Waals surface area contributed by atoms with Crippen molar-refractivity contribution in [1.29, 1.82) is 0 Å². The van der Waals surface area contributed by atoms with Crippen LogP contribution in [0.15, 0.2) is 58.3 Å². The Labute approximate surface area is 421 Å². The SMILES string of the molecule is O=C(CCCC(=O)OCCSSCCOC(=O)CCCC(=O)OCCOCCOC(=O)c1ccc(S(=O)(=O)N2C(=O)CCC2=O)cc1)OCCOCCOC(=O)c1ccc(S(=O)(=O)N2C(=O)CCC2=O)cc1. The van der Waals surface area contributed by atoms with Crippen LogP contribution >= 0.6 is 21.6 Å². The number of nitrogens with zero attached hydrogens (tertiary/aromatic N) is 2. The number of carbonyl (C=O) groups is 10. The Bertz CT molecular complexity index is 2280. The minimum absolute atomic E-state index is 0.00647. The van der Waals surface area contributed by atoms with Crippen LogP contribution in [0.4, 0.5) is 0 Å². The van der Waals surface area contributed by atoms with Crippen LogP contribution in [0.25, 0.3) is 0 Å². The van der Waals surface area contributed by atoms with E-state index in [2.05, 4.69) is 0 Å². The zero-order valence-electron chi connectivity index (χ0n) is 38.7. The Morgan fingerprint density at radius 2 is 0.681 bits per heavy atom. The molecule has 0 unspecified atom stereocenters. The van der Waals surface area contributed by atoms with Crippen molar-refractivity contribution in [1.82, 2.24) is 8.61 Å². The molecule has 2 aliphatic rings. The zero-order chi connectivity index (χ0) is 52.5. The van der Waals surface area contributed by atoms with E-state index in [4.69, 9.17) is 37.9 Å². The molecule has 28 heteroatoms. The van der Waals surface area contributed by atoms with E-state index in [1.807, 2.05) is 0 Å². The zero-order valence-corrected chi connectivity index (χ0v) is 42.0. The molecule has 2 aromatic carbocycles. The summed E-state index contributed by atoms with van der Waals surface area (Å²) in [6, 6.07) is 9.11. The van der Waals surface area contributed by atoms with Crippen LogP contribution in [0.5, 0.6) is 0 Å². The van der Waals surface area contributed by atoms with Crippen molar-refractivity contribution in [3.8, 4) is 0 Å². The van der Waals surface area contributed by atoms with Gasteiger partial charge >= 0.3 is 35.8 Å². The van der Waals surface area contributed by atoms with E-state index in [1.165, 1.54) is 45.9 Å². The first-order chi connectivity index (χ1) is 34.4. The number of hydrogen-bond donors (Lipinski definition) is 0. The maximum Gasteiger partial charge on any atom is 0.338 e. The lowest BCUT2D eigenvalue weighted by Gasteiger charge is -2.14. The largest absolute Gasteiger partial charge is 0.465 e. The van der Waals surface area contributed by atoms with Crippen molar-refractivity contribution in [2.24, 2.45) is 0 Å². The summed E-state index contributed by atoms with van der Waals surface area (Å²) in [5.41, 5.74) is 0.0598. The standard InChI is InChI=1S/C44H52N2O22S4/c47-35-15-16-36(48)45(35)71(57,58)33-11-7-31(8-12-33)43(55)67-25-21-61-19-23-63-39(51)3-1-5-41(53)65-27-29-69-70-30-28-66-42(54)6-2-4-40(52)64-24-20-62-22-26-68-44(56)32-9-13-34(14-10-32)72(59,60)46-37(49)17-18-38(46)50/h7-14H,1-6,15-30H2. The predicted octanol–water partition coefficient (Wildman–Crippen LogP) is 2.30. The number of hydrogen-bond acceptors (Lipinski definition) is 24. The van der Waals surface area contributed by atoms with Gasteiger partial charge in [-0.05, 0) is 61.4 Å². The molecule has 72 heavy (non-hydrogen) atoms. The van der Waals surface area contributed by atoms with Crippen molar-refractivity contribution in [2.75, 3.05) is 77.6 Å². The Kier molecular flexibility index (Phi) is 24.6. The molecule has 4 rings (SSSR count). The van der Waals surface area contributed by atoms with Gasteiger partial charge in [0, 0.05) is 62.9 Å². The molecule has 0 saturated carbocycles. The second-order valence-corrected chi connectivity index (χ2v) is 21.2. The third-order valence-electron chi connectivity index (χ3n) is 9.64. The molecule has 0 atom stereocenters. The van der Waals surface area contributed by atoms with Gasteiger partial charge in [-0.15, -0.1) is 0 Å². The number of imide groups is 2. The van der Waals surface area contributed by atoms with Gasteiger partial charge in [0.2, 0.25) is 23.6 Å². The van der Waals surface area contributed by atoms with E-state index in [0.717, 1.165) is 24.3 Å². The highest BCUT2D eigenvalue weighted by Crippen LogP contribution is 2.25. The number of benzene rings is 2. The monoisotopic (exact) mass is 1090 g/mol. The van der Waals surface area contributed by atoms with E-state index in [9.17, 15) is 64.8 Å². The maximum atomic E-state index is 12.6. The molecule has 0 bridgehead atoms. The Balaban J connectivity index is 0.878. The summed E-state index contributed by atoms with van der Waals surface area (Å²) < 4.78 is 92.0. The Morgan fingerprint density at radius 1 is 0.403 bits per heavy atom. The van der Waals surface area contributed by atoms with Crippen LogP contribution in [0.2, 0.25) is 0 Å². The van der Waals surface area contributed by atoms with Crippen molar-refractivity contribution in [3.05, 3.63) is 59.7 Å². The van der Waals surface area contributed by atoms with Crippen LogP contribution in [0.1, 0.15) is 84.9 Å². The van der Waals surface area contributed by atoms with Crippen LogP contribution in [0.3, 0.4) is 0 Å². The molecule has 394 valence electrons. The number of amides is 4. The van der Waals surface area contributed by atoms with Gasteiger partial charge in [0.25, 0.3) is 20.0 Å². The maximum absolute atomic E-state index is 12.6. The van der Waals surface area contributed by atoms with E-state index < -0.39 is 79.5 Å². The molecular weight excluding hydrogens is 1040 g/mol. The third-order valence-corrected chi connectivity index (χ3v) is 15.5. The molecule has 2 aromatic rings.